The first-order valence-electron chi connectivity index (χ1n) is 9.06. The van der Waals surface area contributed by atoms with E-state index in [0.717, 1.165) is 0 Å². The maximum absolute atomic E-state index is 12.8. The summed E-state index contributed by atoms with van der Waals surface area (Å²) in [5.74, 6) is -0.646. The number of hydrogen-bond donors (Lipinski definition) is 1. The van der Waals surface area contributed by atoms with Crippen molar-refractivity contribution in [3.8, 4) is 5.75 Å². The first-order chi connectivity index (χ1) is 14.3. The summed E-state index contributed by atoms with van der Waals surface area (Å²) >= 11 is 0. The van der Waals surface area contributed by atoms with Gasteiger partial charge in [0.2, 0.25) is 11.8 Å². The van der Waals surface area contributed by atoms with Crippen LogP contribution in [0.5, 0.6) is 5.75 Å². The van der Waals surface area contributed by atoms with E-state index in [1.165, 1.54) is 36.5 Å². The normalized spacial score (nSPS) is 12.0. The lowest BCUT2D eigenvalue weighted by atomic mass is 10.1. The van der Waals surface area contributed by atoms with Crippen molar-refractivity contribution in [1.29, 1.82) is 0 Å². The van der Waals surface area contributed by atoms with Gasteiger partial charge in [0, 0.05) is 6.20 Å². The van der Waals surface area contributed by atoms with Crippen molar-refractivity contribution < 1.29 is 24.3 Å². The fourth-order valence-corrected chi connectivity index (χ4v) is 3.08. The number of fused-ring (bicyclic) bond motifs is 1. The minimum absolute atomic E-state index is 0.0154. The molecule has 30 heavy (non-hydrogen) atoms. The van der Waals surface area contributed by atoms with Crippen LogP contribution in [0.3, 0.4) is 0 Å². The van der Waals surface area contributed by atoms with E-state index in [4.69, 9.17) is 9.47 Å². The Kier molecular flexibility index (Phi) is 6.11. The second-order valence-corrected chi connectivity index (χ2v) is 6.47. The van der Waals surface area contributed by atoms with E-state index in [9.17, 15) is 24.8 Å². The van der Waals surface area contributed by atoms with E-state index in [1.807, 2.05) is 0 Å². The summed E-state index contributed by atoms with van der Waals surface area (Å²) in [7, 11) is 1.46. The Morgan fingerprint density at radius 1 is 1.33 bits per heavy atom. The fourth-order valence-electron chi connectivity index (χ4n) is 3.08. The first kappa shape index (κ1) is 21.0. The molecule has 3 rings (SSSR count). The Labute approximate surface area is 170 Å². The van der Waals surface area contributed by atoms with Crippen LogP contribution in [0.25, 0.3) is 10.9 Å². The molecule has 1 N–H and O–H groups in total. The van der Waals surface area contributed by atoms with Gasteiger partial charge >= 0.3 is 11.8 Å². The van der Waals surface area contributed by atoms with E-state index in [0.29, 0.717) is 11.3 Å². The van der Waals surface area contributed by atoms with Crippen molar-refractivity contribution in [3.63, 3.8) is 0 Å². The molecule has 0 saturated heterocycles. The molecule has 2 heterocycles. The van der Waals surface area contributed by atoms with Crippen molar-refractivity contribution in [2.24, 2.45) is 0 Å². The summed E-state index contributed by atoms with van der Waals surface area (Å²) < 4.78 is 13.1. The highest BCUT2D eigenvalue weighted by molar-refractivity contribution is 5.94. The lowest BCUT2D eigenvalue weighted by Gasteiger charge is -2.17. The molecule has 0 radical (unpaired) electrons. The van der Waals surface area contributed by atoms with Crippen molar-refractivity contribution in [2.75, 3.05) is 13.7 Å². The molecule has 0 aliphatic carbocycles. The van der Waals surface area contributed by atoms with Crippen LogP contribution in [0, 0.1) is 10.1 Å². The van der Waals surface area contributed by atoms with Gasteiger partial charge < -0.3 is 33.8 Å². The molecule has 3 aromatic rings. The lowest BCUT2D eigenvalue weighted by molar-refractivity contribution is -0.389. The molecule has 2 aromatic heterocycles. The fraction of sp³-hybridized carbons (Fsp3) is 0.316. The number of ether oxygens (including phenoxy) is 2. The standard InChI is InChI=1S/C19H20N4O7/c1-3-30-19(26)15-9-22(16-5-4-13(29-2)6-14(16)18(15)25)8-12(24)7-21-10-17(20-11-21)23(27)28/h4-6,9-12,24H,3,7-8H2,1-2H3. The number of nitrogens with zero attached hydrogens (tertiary/aromatic N) is 4. The highest BCUT2D eigenvalue weighted by atomic mass is 16.6. The van der Waals surface area contributed by atoms with Gasteiger partial charge in [-0.25, -0.2) is 4.79 Å². The summed E-state index contributed by atoms with van der Waals surface area (Å²) in [6.45, 7) is 1.78. The number of benzene rings is 1. The Morgan fingerprint density at radius 2 is 2.10 bits per heavy atom. The Morgan fingerprint density at radius 3 is 2.73 bits per heavy atom. The molecule has 0 spiro atoms. The number of carbonyl (C=O) groups is 1. The van der Waals surface area contributed by atoms with Crippen LogP contribution >= 0.6 is 0 Å². The van der Waals surface area contributed by atoms with Gasteiger partial charge in [0.25, 0.3) is 0 Å². The number of methoxy groups -OCH3 is 1. The largest absolute Gasteiger partial charge is 0.497 e. The van der Waals surface area contributed by atoms with Gasteiger partial charge in [-0.3, -0.25) is 4.79 Å². The van der Waals surface area contributed by atoms with Crippen molar-refractivity contribution in [3.05, 3.63) is 62.8 Å². The number of aliphatic hydroxyl groups is 1. The molecule has 1 aromatic carbocycles. The smallest absolute Gasteiger partial charge is 0.381 e. The molecule has 1 atom stereocenters. The highest BCUT2D eigenvalue weighted by Crippen LogP contribution is 2.20. The molecule has 158 valence electrons. The number of nitro groups is 1. The molecule has 0 aliphatic rings. The van der Waals surface area contributed by atoms with E-state index < -0.39 is 22.4 Å². The van der Waals surface area contributed by atoms with E-state index in [1.54, 1.807) is 23.6 Å². The SMILES string of the molecule is CCOC(=O)c1cn(CC(O)Cn2cnc([N+](=O)[O-])c2)c2ccc(OC)cc2c1=O. The van der Waals surface area contributed by atoms with Gasteiger partial charge in [-0.2, -0.15) is 0 Å². The lowest BCUT2D eigenvalue weighted by Crippen LogP contribution is -2.26. The van der Waals surface area contributed by atoms with Gasteiger partial charge in [-0.05, 0) is 35.0 Å². The number of rotatable bonds is 8. The van der Waals surface area contributed by atoms with E-state index >= 15 is 0 Å². The predicted octanol–water partition coefficient (Wildman–Crippen LogP) is 1.35. The molecule has 11 nitrogen and oxygen atoms in total. The molecule has 0 amide bonds. The summed E-state index contributed by atoms with van der Waals surface area (Å²) in [6, 6.07) is 4.83. The third kappa shape index (κ3) is 4.30. The highest BCUT2D eigenvalue weighted by Gasteiger charge is 2.19. The third-order valence-corrected chi connectivity index (χ3v) is 4.42. The number of esters is 1. The second-order valence-electron chi connectivity index (χ2n) is 6.47. The molecule has 11 heteroatoms. The molecule has 0 aliphatic heterocycles. The van der Waals surface area contributed by atoms with Gasteiger partial charge in [0.1, 0.15) is 17.5 Å². The minimum atomic E-state index is -0.985. The first-order valence-corrected chi connectivity index (χ1v) is 9.06. The number of pyridine rings is 1. The summed E-state index contributed by atoms with van der Waals surface area (Å²) in [6.07, 6.45) is 2.82. The van der Waals surface area contributed by atoms with Crippen LogP contribution in [0.15, 0.2) is 41.7 Å². The van der Waals surface area contributed by atoms with E-state index in [-0.39, 0.29) is 36.5 Å². The quantitative estimate of drug-likeness (QED) is 0.330. The zero-order valence-corrected chi connectivity index (χ0v) is 16.3. The molecule has 0 fully saturated rings. The van der Waals surface area contributed by atoms with Crippen LogP contribution in [0.4, 0.5) is 5.82 Å². The van der Waals surface area contributed by atoms with Gasteiger partial charge in [0.15, 0.2) is 0 Å². The van der Waals surface area contributed by atoms with Crippen molar-refractivity contribution in [1.82, 2.24) is 14.1 Å². The van der Waals surface area contributed by atoms with Crippen LogP contribution < -0.4 is 10.2 Å². The second kappa shape index (κ2) is 8.74. The molecule has 0 saturated carbocycles. The summed E-state index contributed by atoms with van der Waals surface area (Å²) in [4.78, 5) is 38.8. The maximum Gasteiger partial charge on any atom is 0.381 e. The summed E-state index contributed by atoms with van der Waals surface area (Å²) in [5, 5.41) is 21.5. The molecular weight excluding hydrogens is 396 g/mol. The topological polar surface area (TPSA) is 139 Å². The number of carbonyl (C=O) groups excluding carboxylic acids is 1. The van der Waals surface area contributed by atoms with Crippen LogP contribution in [0.2, 0.25) is 0 Å². The van der Waals surface area contributed by atoms with Crippen LogP contribution in [-0.2, 0) is 17.8 Å². The Bertz CT molecular complexity index is 1150. The number of imidazole rings is 1. The minimum Gasteiger partial charge on any atom is -0.497 e. The maximum atomic E-state index is 12.8. The van der Waals surface area contributed by atoms with Crippen LogP contribution in [-0.4, -0.2) is 49.9 Å². The molecular formula is C19H20N4O7. The number of aliphatic hydroxyl groups excluding tert-OH is 1. The predicted molar refractivity (Wildman–Crippen MR) is 106 cm³/mol. The Hall–Kier alpha value is -3.73. The van der Waals surface area contributed by atoms with Gasteiger partial charge in [0.05, 0.1) is 43.8 Å². The van der Waals surface area contributed by atoms with Crippen molar-refractivity contribution in [2.45, 2.75) is 26.1 Å². The molecule has 0 bridgehead atoms. The molecule has 1 unspecified atom stereocenters. The zero-order valence-electron chi connectivity index (χ0n) is 16.3. The zero-order chi connectivity index (χ0) is 21.8. The van der Waals surface area contributed by atoms with Gasteiger partial charge in [-0.15, -0.1) is 0 Å². The monoisotopic (exact) mass is 416 g/mol. The number of aromatic nitrogens is 3. The third-order valence-electron chi connectivity index (χ3n) is 4.42. The average molecular weight is 416 g/mol. The van der Waals surface area contributed by atoms with Crippen LogP contribution in [0.1, 0.15) is 17.3 Å². The summed E-state index contributed by atoms with van der Waals surface area (Å²) in [5.41, 5.74) is -0.175. The Balaban J connectivity index is 1.98. The average Bonchev–Trinajstić information content (AvgIpc) is 3.18. The number of hydrogen-bond acceptors (Lipinski definition) is 8. The van der Waals surface area contributed by atoms with E-state index in [2.05, 4.69) is 4.98 Å². The van der Waals surface area contributed by atoms with Gasteiger partial charge in [-0.1, -0.05) is 0 Å². The van der Waals surface area contributed by atoms with Crippen molar-refractivity contribution >= 4 is 22.7 Å².